The molecule has 1 saturated heterocycles. The van der Waals surface area contributed by atoms with E-state index in [9.17, 15) is 9.59 Å². The average Bonchev–Trinajstić information content (AvgIpc) is 3.21. The van der Waals surface area contributed by atoms with Gasteiger partial charge in [-0.05, 0) is 102 Å². The molecule has 4 rings (SSSR count). The molecule has 3 aromatic rings. The summed E-state index contributed by atoms with van der Waals surface area (Å²) in [6.07, 6.45) is 0.448. The monoisotopic (exact) mass is 921 g/mol. The van der Waals surface area contributed by atoms with Crippen molar-refractivity contribution in [1.82, 2.24) is 4.90 Å². The Morgan fingerprint density at radius 2 is 1.57 bits per heavy atom. The van der Waals surface area contributed by atoms with Gasteiger partial charge in [0.2, 0.25) is 16.4 Å². The quantitative estimate of drug-likeness (QED) is 0.0817. The predicted molar refractivity (Wildman–Crippen MR) is 247 cm³/mol. The van der Waals surface area contributed by atoms with E-state index in [0.717, 1.165) is 44.8 Å². The molecule has 3 atom stereocenters. The number of carbonyl (C=O) groups excluding carboxylic acids is 2. The first-order valence-electron chi connectivity index (χ1n) is 21.8. The zero-order valence-electron chi connectivity index (χ0n) is 38.6. The maximum absolute atomic E-state index is 14.5. The largest absolute Gasteiger partial charge is 0.496 e. The highest BCUT2D eigenvalue weighted by atomic mass is 79.9. The average molecular weight is 923 g/mol. The van der Waals surface area contributed by atoms with Crippen LogP contribution >= 0.6 is 15.9 Å². The van der Waals surface area contributed by atoms with Gasteiger partial charge in [0.25, 0.3) is 0 Å². The third kappa shape index (κ3) is 12.8. The van der Waals surface area contributed by atoms with E-state index in [-0.39, 0.29) is 60.4 Å². The number of rotatable bonds is 20. The van der Waals surface area contributed by atoms with E-state index in [2.05, 4.69) is 86.2 Å². The fraction of sp³-hybridized carbons (Fsp3) is 0.592. The lowest BCUT2D eigenvalue weighted by Crippen LogP contribution is -2.68. The molecule has 0 aliphatic carbocycles. The Kier molecular flexibility index (Phi) is 18.8. The number of hydrogen-bond acceptors (Lipinski definition) is 8. The number of halogens is 1. The highest BCUT2D eigenvalue weighted by Gasteiger charge is 2.53. The lowest BCUT2D eigenvalue weighted by molar-refractivity contribution is -0.125. The van der Waals surface area contributed by atoms with E-state index in [1.54, 1.807) is 12.0 Å². The molecule has 0 bridgehead atoms. The molecule has 0 spiro atoms. The highest BCUT2D eigenvalue weighted by Crippen LogP contribution is 2.46. The van der Waals surface area contributed by atoms with E-state index >= 15 is 0 Å². The zero-order chi connectivity index (χ0) is 45.1. The standard InChI is InChI=1S/C49H70BrN2O8Si/c1-32(2)45(60-61)49(34(5)6,35(7)8)52(46(53)33(3)4)42-28-36(18-23-41(42)50)30-58-44-29-51(47(54)59-48(9,10)11)25-24-40(44)37-19-21-39(22-20-37)57-27-15-26-56-31-38-16-13-14-17-43(38)55-12/h13-14,16-23,28,32-35,40,44-45H,15,24-27,29-31H2,1-12H3. The summed E-state index contributed by atoms with van der Waals surface area (Å²) in [6, 6.07) is 22.1. The van der Waals surface area contributed by atoms with Gasteiger partial charge in [-0.2, -0.15) is 0 Å². The maximum atomic E-state index is 14.5. The molecule has 335 valence electrons. The van der Waals surface area contributed by atoms with Gasteiger partial charge in [-0.25, -0.2) is 4.79 Å². The van der Waals surface area contributed by atoms with Crippen molar-refractivity contribution in [2.24, 2.45) is 23.7 Å². The van der Waals surface area contributed by atoms with Crippen molar-refractivity contribution in [3.05, 3.63) is 87.9 Å². The molecule has 10 nitrogen and oxygen atoms in total. The number of para-hydroxylation sites is 1. The van der Waals surface area contributed by atoms with E-state index < -0.39 is 11.1 Å². The summed E-state index contributed by atoms with van der Waals surface area (Å²) < 4.78 is 36.9. The molecule has 1 aliphatic heterocycles. The van der Waals surface area contributed by atoms with Crippen LogP contribution in [0.2, 0.25) is 0 Å². The van der Waals surface area contributed by atoms with Gasteiger partial charge in [0, 0.05) is 34.8 Å². The van der Waals surface area contributed by atoms with Crippen molar-refractivity contribution in [2.45, 2.75) is 131 Å². The summed E-state index contributed by atoms with van der Waals surface area (Å²) in [5.41, 5.74) is 2.48. The third-order valence-corrected chi connectivity index (χ3v) is 12.5. The third-order valence-electron chi connectivity index (χ3n) is 11.5. The number of carbonyl (C=O) groups is 2. The molecule has 0 saturated carbocycles. The first kappa shape index (κ1) is 50.2. The van der Waals surface area contributed by atoms with Crippen molar-refractivity contribution in [2.75, 3.05) is 38.3 Å². The number of benzene rings is 3. The Morgan fingerprint density at radius 3 is 2.16 bits per heavy atom. The number of amides is 2. The van der Waals surface area contributed by atoms with Crippen molar-refractivity contribution in [1.29, 1.82) is 0 Å². The fourth-order valence-corrected chi connectivity index (χ4v) is 9.54. The summed E-state index contributed by atoms with van der Waals surface area (Å²) in [4.78, 5) is 31.6. The lowest BCUT2D eigenvalue weighted by atomic mass is 9.67. The smallest absolute Gasteiger partial charge is 0.410 e. The van der Waals surface area contributed by atoms with Crippen LogP contribution in [-0.2, 0) is 36.6 Å². The molecule has 3 unspecified atom stereocenters. The first-order chi connectivity index (χ1) is 28.8. The SMILES string of the molecule is COc1ccccc1COCCCOc1ccc(C2CCN(C(=O)OC(C)(C)C)CC2OCc2ccc(Br)c(N(C(=O)C(C)C)C(C(C)C)(C(C)C)C(O[Si])C(C)C)c2)cc1. The summed E-state index contributed by atoms with van der Waals surface area (Å²) in [7, 11) is 5.11. The molecule has 3 aromatic carbocycles. The minimum atomic E-state index is -0.706. The number of anilines is 1. The topological polar surface area (TPSA) is 96.0 Å². The molecule has 61 heavy (non-hydrogen) atoms. The Bertz CT molecular complexity index is 1840. The van der Waals surface area contributed by atoms with Gasteiger partial charge >= 0.3 is 6.09 Å². The lowest BCUT2D eigenvalue weighted by Gasteiger charge is -2.55. The Hall–Kier alpha value is -3.42. The van der Waals surface area contributed by atoms with Crippen molar-refractivity contribution < 1.29 is 37.7 Å². The van der Waals surface area contributed by atoms with Gasteiger partial charge in [-0.3, -0.25) is 4.79 Å². The molecule has 0 aromatic heterocycles. The van der Waals surface area contributed by atoms with Crippen LogP contribution in [0.1, 0.15) is 112 Å². The van der Waals surface area contributed by atoms with Crippen LogP contribution in [-0.4, -0.2) is 84.1 Å². The summed E-state index contributed by atoms with van der Waals surface area (Å²) in [6.45, 7) is 25.2. The number of hydrogen-bond donors (Lipinski definition) is 0. The van der Waals surface area contributed by atoms with Crippen LogP contribution in [0.25, 0.3) is 0 Å². The van der Waals surface area contributed by atoms with Crippen LogP contribution in [0.5, 0.6) is 11.5 Å². The number of nitrogens with zero attached hydrogens (tertiary/aromatic N) is 2. The minimum absolute atomic E-state index is 0.0146. The number of ether oxygens (including phenoxy) is 5. The van der Waals surface area contributed by atoms with E-state index in [1.807, 2.05) is 88.0 Å². The molecular formula is C49H70BrN2O8Si. The molecule has 1 heterocycles. The van der Waals surface area contributed by atoms with Crippen LogP contribution < -0.4 is 14.4 Å². The van der Waals surface area contributed by atoms with Crippen molar-refractivity contribution in [3.8, 4) is 11.5 Å². The maximum Gasteiger partial charge on any atom is 0.410 e. The summed E-state index contributed by atoms with van der Waals surface area (Å²) >= 11 is 3.84. The van der Waals surface area contributed by atoms with Crippen molar-refractivity contribution in [3.63, 3.8) is 0 Å². The summed E-state index contributed by atoms with van der Waals surface area (Å²) in [5, 5.41) is 0. The zero-order valence-corrected chi connectivity index (χ0v) is 41.2. The second-order valence-corrected chi connectivity index (χ2v) is 19.5. The molecule has 12 heteroatoms. The number of piperidine rings is 1. The van der Waals surface area contributed by atoms with Gasteiger partial charge in [0.1, 0.15) is 17.1 Å². The van der Waals surface area contributed by atoms with Gasteiger partial charge in [-0.1, -0.05) is 91.8 Å². The van der Waals surface area contributed by atoms with E-state index in [0.29, 0.717) is 39.3 Å². The van der Waals surface area contributed by atoms with Gasteiger partial charge in [0.15, 0.2) is 0 Å². The molecular weight excluding hydrogens is 853 g/mol. The van der Waals surface area contributed by atoms with E-state index in [4.69, 9.17) is 28.1 Å². The Labute approximate surface area is 378 Å². The second-order valence-electron chi connectivity index (χ2n) is 18.4. The Balaban J connectivity index is 1.56. The predicted octanol–water partition coefficient (Wildman–Crippen LogP) is 10.9. The molecule has 0 N–H and O–H groups in total. The number of methoxy groups -OCH3 is 1. The second kappa shape index (κ2) is 22.8. The number of likely N-dealkylation sites (tertiary alicyclic amines) is 1. The van der Waals surface area contributed by atoms with Gasteiger partial charge in [0.05, 0.1) is 63.5 Å². The van der Waals surface area contributed by atoms with Crippen LogP contribution in [0.3, 0.4) is 0 Å². The minimum Gasteiger partial charge on any atom is -0.496 e. The Morgan fingerprint density at radius 1 is 0.902 bits per heavy atom. The first-order valence-corrected chi connectivity index (χ1v) is 23.0. The summed E-state index contributed by atoms with van der Waals surface area (Å²) in [5.74, 6) is 1.53. The fourth-order valence-electron chi connectivity index (χ4n) is 8.66. The van der Waals surface area contributed by atoms with Crippen LogP contribution in [0.4, 0.5) is 10.5 Å². The molecule has 2 amide bonds. The van der Waals surface area contributed by atoms with E-state index in [1.165, 1.54) is 0 Å². The van der Waals surface area contributed by atoms with Crippen LogP contribution in [0, 0.1) is 23.7 Å². The van der Waals surface area contributed by atoms with Gasteiger partial charge in [-0.15, -0.1) is 0 Å². The molecule has 3 radical (unpaired) electrons. The van der Waals surface area contributed by atoms with Gasteiger partial charge < -0.3 is 37.9 Å². The molecule has 1 fully saturated rings. The molecule has 1 aliphatic rings. The highest BCUT2D eigenvalue weighted by molar-refractivity contribution is 9.10. The van der Waals surface area contributed by atoms with Crippen LogP contribution in [0.15, 0.2) is 71.2 Å². The normalized spacial score (nSPS) is 16.7. The van der Waals surface area contributed by atoms with Crippen molar-refractivity contribution >= 4 is 44.1 Å².